The summed E-state index contributed by atoms with van der Waals surface area (Å²) in [6.07, 6.45) is 4.82. The zero-order valence-electron chi connectivity index (χ0n) is 16.6. The van der Waals surface area contributed by atoms with Crippen LogP contribution in [0.2, 0.25) is 5.02 Å². The maximum atomic E-state index is 12.8. The monoisotopic (exact) mass is 409 g/mol. The number of amides is 1. The highest BCUT2D eigenvalue weighted by molar-refractivity contribution is 6.30. The molecule has 1 aromatic heterocycles. The second-order valence-electron chi connectivity index (χ2n) is 6.80. The summed E-state index contributed by atoms with van der Waals surface area (Å²) >= 11 is 5.92. The first-order valence-corrected chi connectivity index (χ1v) is 10.1. The molecule has 0 N–H and O–H groups in total. The number of nitrogens with zero attached hydrogens (tertiary/aromatic N) is 3. The van der Waals surface area contributed by atoms with Gasteiger partial charge >= 0.3 is 0 Å². The number of hydrogen-bond donors (Lipinski definition) is 0. The number of carbonyl (C=O) groups is 1. The van der Waals surface area contributed by atoms with Crippen molar-refractivity contribution in [2.45, 2.75) is 32.7 Å². The van der Waals surface area contributed by atoms with Crippen molar-refractivity contribution in [3.05, 3.63) is 77.2 Å². The van der Waals surface area contributed by atoms with Crippen molar-refractivity contribution >= 4 is 23.6 Å². The Morgan fingerprint density at radius 2 is 1.90 bits per heavy atom. The Kier molecular flexibility index (Phi) is 7.19. The molecule has 5 nitrogen and oxygen atoms in total. The van der Waals surface area contributed by atoms with Gasteiger partial charge in [0, 0.05) is 35.7 Å². The molecule has 150 valence electrons. The lowest BCUT2D eigenvalue weighted by molar-refractivity contribution is -0.128. The summed E-state index contributed by atoms with van der Waals surface area (Å²) in [4.78, 5) is 19.0. The van der Waals surface area contributed by atoms with E-state index >= 15 is 0 Å². The molecule has 29 heavy (non-hydrogen) atoms. The number of benzene rings is 2. The van der Waals surface area contributed by atoms with Gasteiger partial charge in [0.1, 0.15) is 0 Å². The molecule has 0 bridgehead atoms. The molecule has 0 fully saturated rings. The third-order valence-electron chi connectivity index (χ3n) is 4.76. The third kappa shape index (κ3) is 5.78. The van der Waals surface area contributed by atoms with E-state index in [2.05, 4.69) is 17.1 Å². The predicted molar refractivity (Wildman–Crippen MR) is 115 cm³/mol. The topological polar surface area (TPSA) is 59.2 Å². The maximum Gasteiger partial charge on any atom is 0.246 e. The standard InChI is InChI=1S/C23H24ClN3O2/c1-3-17(2)27(22(28)14-9-18-7-5-4-6-8-18)16-15-21-25-23(26-29-21)19-10-12-20(24)13-11-19/h4-14,17H,3,15-16H2,1-2H3/b14-9+/t17-/m0/s1. The van der Waals surface area contributed by atoms with Gasteiger partial charge in [-0.3, -0.25) is 4.79 Å². The average Bonchev–Trinajstić information content (AvgIpc) is 3.22. The minimum Gasteiger partial charge on any atom is -0.339 e. The summed E-state index contributed by atoms with van der Waals surface area (Å²) in [6, 6.07) is 17.2. The molecule has 3 rings (SSSR count). The highest BCUT2D eigenvalue weighted by atomic mass is 35.5. The molecule has 0 aliphatic carbocycles. The number of aromatic nitrogens is 2. The van der Waals surface area contributed by atoms with Crippen LogP contribution in [0, 0.1) is 0 Å². The van der Waals surface area contributed by atoms with Gasteiger partial charge in [-0.05, 0) is 49.2 Å². The molecule has 0 spiro atoms. The van der Waals surface area contributed by atoms with E-state index in [9.17, 15) is 4.79 Å². The summed E-state index contributed by atoms with van der Waals surface area (Å²) in [7, 11) is 0. The van der Waals surface area contributed by atoms with Gasteiger partial charge in [0.05, 0.1) is 0 Å². The van der Waals surface area contributed by atoms with Gasteiger partial charge in [0.25, 0.3) is 0 Å². The van der Waals surface area contributed by atoms with Crippen molar-refractivity contribution < 1.29 is 9.32 Å². The SMILES string of the molecule is CC[C@H](C)N(CCc1nc(-c2ccc(Cl)cc2)no1)C(=O)/C=C/c1ccccc1. The molecule has 0 unspecified atom stereocenters. The second kappa shape index (κ2) is 10.0. The van der Waals surface area contributed by atoms with Crippen molar-refractivity contribution in [1.29, 1.82) is 0 Å². The Morgan fingerprint density at radius 3 is 2.59 bits per heavy atom. The number of hydrogen-bond acceptors (Lipinski definition) is 4. The van der Waals surface area contributed by atoms with E-state index in [-0.39, 0.29) is 11.9 Å². The smallest absolute Gasteiger partial charge is 0.246 e. The van der Waals surface area contributed by atoms with Crippen molar-refractivity contribution in [3.8, 4) is 11.4 Å². The van der Waals surface area contributed by atoms with E-state index in [1.165, 1.54) is 0 Å². The molecule has 1 amide bonds. The Bertz CT molecular complexity index is 952. The molecule has 0 aliphatic rings. The van der Waals surface area contributed by atoms with Crippen LogP contribution in [0.1, 0.15) is 31.7 Å². The summed E-state index contributed by atoms with van der Waals surface area (Å²) in [5, 5.41) is 4.69. The van der Waals surface area contributed by atoms with E-state index in [0.29, 0.717) is 29.7 Å². The number of carbonyl (C=O) groups excluding carboxylic acids is 1. The lowest BCUT2D eigenvalue weighted by Gasteiger charge is -2.27. The zero-order chi connectivity index (χ0) is 20.6. The number of halogens is 1. The van der Waals surface area contributed by atoms with Crippen LogP contribution in [0.25, 0.3) is 17.5 Å². The van der Waals surface area contributed by atoms with Crippen LogP contribution in [0.3, 0.4) is 0 Å². The molecule has 0 saturated heterocycles. The minimum absolute atomic E-state index is 0.0272. The van der Waals surface area contributed by atoms with Gasteiger partial charge in [0.15, 0.2) is 0 Å². The van der Waals surface area contributed by atoms with Gasteiger partial charge in [-0.15, -0.1) is 0 Å². The first kappa shape index (κ1) is 20.8. The largest absolute Gasteiger partial charge is 0.339 e. The quantitative estimate of drug-likeness (QED) is 0.475. The first-order valence-electron chi connectivity index (χ1n) is 9.69. The van der Waals surface area contributed by atoms with Crippen molar-refractivity contribution in [2.75, 3.05) is 6.54 Å². The average molecular weight is 410 g/mol. The van der Waals surface area contributed by atoms with Gasteiger partial charge in [-0.2, -0.15) is 4.98 Å². The zero-order valence-corrected chi connectivity index (χ0v) is 17.3. The Hall–Kier alpha value is -2.92. The molecule has 2 aromatic carbocycles. The van der Waals surface area contributed by atoms with E-state index in [4.69, 9.17) is 16.1 Å². The van der Waals surface area contributed by atoms with Crippen molar-refractivity contribution in [1.82, 2.24) is 15.0 Å². The van der Waals surface area contributed by atoms with Crippen LogP contribution in [-0.2, 0) is 11.2 Å². The van der Waals surface area contributed by atoms with E-state index < -0.39 is 0 Å². The molecular formula is C23H24ClN3O2. The van der Waals surface area contributed by atoms with Crippen LogP contribution in [0.15, 0.2) is 65.2 Å². The fraction of sp³-hybridized carbons (Fsp3) is 0.261. The molecule has 1 heterocycles. The molecular weight excluding hydrogens is 386 g/mol. The molecule has 1 atom stereocenters. The lowest BCUT2D eigenvalue weighted by Crippen LogP contribution is -2.38. The van der Waals surface area contributed by atoms with Crippen LogP contribution in [0.5, 0.6) is 0 Å². The van der Waals surface area contributed by atoms with Crippen LogP contribution >= 0.6 is 11.6 Å². The van der Waals surface area contributed by atoms with Gasteiger partial charge in [-0.25, -0.2) is 0 Å². The fourth-order valence-corrected chi connectivity index (χ4v) is 3.01. The fourth-order valence-electron chi connectivity index (χ4n) is 2.88. The second-order valence-corrected chi connectivity index (χ2v) is 7.24. The lowest BCUT2D eigenvalue weighted by atomic mass is 10.1. The molecule has 0 saturated carbocycles. The van der Waals surface area contributed by atoms with E-state index in [1.54, 1.807) is 18.2 Å². The summed E-state index contributed by atoms with van der Waals surface area (Å²) in [6.45, 7) is 4.62. The molecule has 6 heteroatoms. The normalized spacial score (nSPS) is 12.2. The Morgan fingerprint density at radius 1 is 1.17 bits per heavy atom. The highest BCUT2D eigenvalue weighted by Crippen LogP contribution is 2.19. The van der Waals surface area contributed by atoms with Crippen molar-refractivity contribution in [3.63, 3.8) is 0 Å². The van der Waals surface area contributed by atoms with Gasteiger partial charge in [-0.1, -0.05) is 54.0 Å². The molecule has 3 aromatic rings. The Balaban J connectivity index is 1.65. The van der Waals surface area contributed by atoms with Crippen LogP contribution in [-0.4, -0.2) is 33.5 Å². The van der Waals surface area contributed by atoms with Crippen molar-refractivity contribution in [2.24, 2.45) is 0 Å². The number of rotatable bonds is 8. The summed E-state index contributed by atoms with van der Waals surface area (Å²) < 4.78 is 5.37. The summed E-state index contributed by atoms with van der Waals surface area (Å²) in [5.74, 6) is 0.991. The predicted octanol–water partition coefficient (Wildman–Crippen LogP) is 5.27. The van der Waals surface area contributed by atoms with Crippen LogP contribution < -0.4 is 0 Å². The maximum absolute atomic E-state index is 12.8. The Labute approximate surface area is 176 Å². The van der Waals surface area contributed by atoms with E-state index in [1.807, 2.05) is 60.4 Å². The minimum atomic E-state index is -0.0272. The molecule has 0 aliphatic heterocycles. The van der Waals surface area contributed by atoms with Gasteiger partial charge < -0.3 is 9.42 Å². The van der Waals surface area contributed by atoms with Gasteiger partial charge in [0.2, 0.25) is 17.6 Å². The third-order valence-corrected chi connectivity index (χ3v) is 5.01. The van der Waals surface area contributed by atoms with Crippen LogP contribution in [0.4, 0.5) is 0 Å². The van der Waals surface area contributed by atoms with E-state index in [0.717, 1.165) is 17.5 Å². The highest BCUT2D eigenvalue weighted by Gasteiger charge is 2.18. The summed E-state index contributed by atoms with van der Waals surface area (Å²) in [5.41, 5.74) is 1.83. The molecule has 0 radical (unpaired) electrons. The first-order chi connectivity index (χ1) is 14.1.